The summed E-state index contributed by atoms with van der Waals surface area (Å²) in [7, 11) is 0. The van der Waals surface area contributed by atoms with Gasteiger partial charge in [-0.25, -0.2) is 4.98 Å². The largest absolute Gasteiger partial charge is 0.353 e. The molecule has 106 valence electrons. The van der Waals surface area contributed by atoms with E-state index in [2.05, 4.69) is 63.9 Å². The number of aromatic nitrogens is 1. The van der Waals surface area contributed by atoms with Gasteiger partial charge in [-0.2, -0.15) is 0 Å². The summed E-state index contributed by atoms with van der Waals surface area (Å²) in [5.41, 5.74) is 9.46. The molecule has 1 aromatic carbocycles. The number of nitrogens with zero attached hydrogens (tertiary/aromatic N) is 2. The van der Waals surface area contributed by atoms with Gasteiger partial charge in [0, 0.05) is 30.3 Å². The predicted molar refractivity (Wildman–Crippen MR) is 87.7 cm³/mol. The van der Waals surface area contributed by atoms with E-state index in [-0.39, 0.29) is 0 Å². The zero-order valence-electron chi connectivity index (χ0n) is 11.9. The monoisotopic (exact) mass is 333 g/mol. The smallest absolute Gasteiger partial charge is 0.129 e. The SMILES string of the molecule is CCN(Cc1ccccc1CN)c1cc(C)c(Br)cn1. The van der Waals surface area contributed by atoms with Crippen LogP contribution >= 0.6 is 15.9 Å². The fraction of sp³-hybridized carbons (Fsp3) is 0.312. The van der Waals surface area contributed by atoms with Crippen molar-refractivity contribution in [1.82, 2.24) is 4.98 Å². The molecule has 1 aromatic heterocycles. The van der Waals surface area contributed by atoms with Crippen LogP contribution in [0.1, 0.15) is 23.6 Å². The molecule has 20 heavy (non-hydrogen) atoms. The third-order valence-corrected chi connectivity index (χ3v) is 4.27. The molecule has 3 nitrogen and oxygen atoms in total. The highest BCUT2D eigenvalue weighted by molar-refractivity contribution is 9.10. The molecule has 0 aliphatic carbocycles. The number of rotatable bonds is 5. The summed E-state index contributed by atoms with van der Waals surface area (Å²) in [6.07, 6.45) is 1.86. The van der Waals surface area contributed by atoms with Gasteiger partial charge in [0.25, 0.3) is 0 Å². The van der Waals surface area contributed by atoms with Gasteiger partial charge in [-0.05, 0) is 52.5 Å². The molecule has 0 amide bonds. The highest BCUT2D eigenvalue weighted by atomic mass is 79.9. The van der Waals surface area contributed by atoms with Crippen LogP contribution in [0.15, 0.2) is 41.0 Å². The highest BCUT2D eigenvalue weighted by Crippen LogP contribution is 2.22. The zero-order chi connectivity index (χ0) is 14.5. The van der Waals surface area contributed by atoms with Crippen molar-refractivity contribution in [3.05, 3.63) is 57.7 Å². The van der Waals surface area contributed by atoms with E-state index in [1.807, 2.05) is 12.3 Å². The normalized spacial score (nSPS) is 10.6. The van der Waals surface area contributed by atoms with Crippen LogP contribution in [0.3, 0.4) is 0 Å². The molecule has 1 heterocycles. The van der Waals surface area contributed by atoms with Crippen LogP contribution in [0.2, 0.25) is 0 Å². The lowest BCUT2D eigenvalue weighted by Gasteiger charge is -2.23. The third kappa shape index (κ3) is 3.38. The van der Waals surface area contributed by atoms with Crippen LogP contribution in [0.5, 0.6) is 0 Å². The second-order valence-corrected chi connectivity index (χ2v) is 5.63. The van der Waals surface area contributed by atoms with Gasteiger partial charge in [0.1, 0.15) is 5.82 Å². The Kier molecular flexibility index (Phi) is 5.15. The van der Waals surface area contributed by atoms with E-state index in [9.17, 15) is 0 Å². The summed E-state index contributed by atoms with van der Waals surface area (Å²) in [6.45, 7) is 6.53. The Hall–Kier alpha value is -1.39. The first kappa shape index (κ1) is 15.0. The summed E-state index contributed by atoms with van der Waals surface area (Å²) in [6, 6.07) is 10.4. The molecule has 2 rings (SSSR count). The molecule has 0 atom stereocenters. The second-order valence-electron chi connectivity index (χ2n) is 4.78. The maximum Gasteiger partial charge on any atom is 0.129 e. The molecule has 0 aliphatic heterocycles. The Morgan fingerprint density at radius 3 is 2.55 bits per heavy atom. The van der Waals surface area contributed by atoms with Gasteiger partial charge in [0.15, 0.2) is 0 Å². The number of pyridine rings is 1. The van der Waals surface area contributed by atoms with Crippen molar-refractivity contribution in [2.45, 2.75) is 26.9 Å². The summed E-state index contributed by atoms with van der Waals surface area (Å²) in [5, 5.41) is 0. The van der Waals surface area contributed by atoms with E-state index < -0.39 is 0 Å². The van der Waals surface area contributed by atoms with Gasteiger partial charge in [-0.3, -0.25) is 0 Å². The minimum atomic E-state index is 0.570. The van der Waals surface area contributed by atoms with Gasteiger partial charge >= 0.3 is 0 Å². The van der Waals surface area contributed by atoms with Crippen LogP contribution in [0, 0.1) is 6.92 Å². The fourth-order valence-electron chi connectivity index (χ4n) is 2.17. The first-order valence-corrected chi connectivity index (χ1v) is 7.59. The average Bonchev–Trinajstić information content (AvgIpc) is 2.48. The molecule has 0 saturated carbocycles. The summed E-state index contributed by atoms with van der Waals surface area (Å²) in [5.74, 6) is 1.00. The summed E-state index contributed by atoms with van der Waals surface area (Å²) in [4.78, 5) is 6.77. The lowest BCUT2D eigenvalue weighted by Crippen LogP contribution is -2.24. The number of halogens is 1. The molecular formula is C16H20BrN3. The van der Waals surface area contributed by atoms with Gasteiger partial charge in [-0.15, -0.1) is 0 Å². The molecule has 0 unspecified atom stereocenters. The molecule has 2 aromatic rings. The van der Waals surface area contributed by atoms with Crippen LogP contribution in [-0.4, -0.2) is 11.5 Å². The molecule has 0 fully saturated rings. The number of hydrogen-bond acceptors (Lipinski definition) is 3. The van der Waals surface area contributed by atoms with E-state index in [1.165, 1.54) is 16.7 Å². The van der Waals surface area contributed by atoms with Crippen LogP contribution in [-0.2, 0) is 13.1 Å². The fourth-order valence-corrected chi connectivity index (χ4v) is 2.39. The highest BCUT2D eigenvalue weighted by Gasteiger charge is 2.10. The molecule has 2 N–H and O–H groups in total. The topological polar surface area (TPSA) is 42.1 Å². The summed E-state index contributed by atoms with van der Waals surface area (Å²) >= 11 is 3.49. The Labute approximate surface area is 129 Å². The van der Waals surface area contributed by atoms with Crippen molar-refractivity contribution >= 4 is 21.7 Å². The third-order valence-electron chi connectivity index (χ3n) is 3.44. The minimum absolute atomic E-state index is 0.570. The molecule has 0 radical (unpaired) electrons. The van der Waals surface area contributed by atoms with Crippen molar-refractivity contribution in [3.8, 4) is 0 Å². The molecule has 0 bridgehead atoms. The predicted octanol–water partition coefficient (Wildman–Crippen LogP) is 3.64. The molecular weight excluding hydrogens is 314 g/mol. The van der Waals surface area contributed by atoms with Crippen molar-refractivity contribution in [3.63, 3.8) is 0 Å². The quantitative estimate of drug-likeness (QED) is 0.908. The van der Waals surface area contributed by atoms with Gasteiger partial charge in [0.2, 0.25) is 0 Å². The zero-order valence-corrected chi connectivity index (χ0v) is 13.5. The number of nitrogens with two attached hydrogens (primary N) is 1. The maximum atomic E-state index is 5.81. The van der Waals surface area contributed by atoms with E-state index >= 15 is 0 Å². The average molecular weight is 334 g/mol. The Morgan fingerprint density at radius 2 is 1.95 bits per heavy atom. The van der Waals surface area contributed by atoms with Crippen molar-refractivity contribution in [1.29, 1.82) is 0 Å². The Bertz CT molecular complexity index is 584. The minimum Gasteiger partial charge on any atom is -0.353 e. The number of aryl methyl sites for hydroxylation is 1. The van der Waals surface area contributed by atoms with Gasteiger partial charge < -0.3 is 10.6 Å². The van der Waals surface area contributed by atoms with Crippen molar-refractivity contribution in [2.24, 2.45) is 5.73 Å². The number of hydrogen-bond donors (Lipinski definition) is 1. The van der Waals surface area contributed by atoms with E-state index in [0.29, 0.717) is 6.54 Å². The van der Waals surface area contributed by atoms with Crippen LogP contribution in [0.25, 0.3) is 0 Å². The molecule has 4 heteroatoms. The van der Waals surface area contributed by atoms with Crippen molar-refractivity contribution in [2.75, 3.05) is 11.4 Å². The second kappa shape index (κ2) is 6.86. The first-order valence-electron chi connectivity index (χ1n) is 6.79. The van der Waals surface area contributed by atoms with E-state index in [4.69, 9.17) is 5.73 Å². The van der Waals surface area contributed by atoms with E-state index in [0.717, 1.165) is 23.4 Å². The number of anilines is 1. The Morgan fingerprint density at radius 1 is 1.25 bits per heavy atom. The van der Waals surface area contributed by atoms with Gasteiger partial charge in [0.05, 0.1) is 0 Å². The van der Waals surface area contributed by atoms with Gasteiger partial charge in [-0.1, -0.05) is 24.3 Å². The summed E-state index contributed by atoms with van der Waals surface area (Å²) < 4.78 is 1.04. The molecule has 0 aliphatic rings. The van der Waals surface area contributed by atoms with Crippen LogP contribution in [0.4, 0.5) is 5.82 Å². The lowest BCUT2D eigenvalue weighted by atomic mass is 10.1. The maximum absolute atomic E-state index is 5.81. The number of benzene rings is 1. The standard InChI is InChI=1S/C16H20BrN3/c1-3-20(16-8-12(2)15(17)10-19-16)11-14-7-5-4-6-13(14)9-18/h4-8,10H,3,9,11,18H2,1-2H3. The molecule has 0 saturated heterocycles. The van der Waals surface area contributed by atoms with Crippen molar-refractivity contribution < 1.29 is 0 Å². The Balaban J connectivity index is 2.26. The van der Waals surface area contributed by atoms with Crippen LogP contribution < -0.4 is 10.6 Å². The molecule has 0 spiro atoms. The first-order chi connectivity index (χ1) is 9.65. The van der Waals surface area contributed by atoms with E-state index in [1.54, 1.807) is 0 Å². The lowest BCUT2D eigenvalue weighted by molar-refractivity contribution is 0.802.